The Morgan fingerprint density at radius 2 is 2.27 bits per heavy atom. The molecule has 0 bridgehead atoms. The van der Waals surface area contributed by atoms with E-state index in [-0.39, 0.29) is 24.3 Å². The van der Waals surface area contributed by atoms with Crippen LogP contribution in [0.2, 0.25) is 0 Å². The normalized spacial score (nSPS) is 12.3. The fourth-order valence-electron chi connectivity index (χ4n) is 1.32. The zero-order valence-corrected chi connectivity index (χ0v) is 8.88. The van der Waals surface area contributed by atoms with Gasteiger partial charge in [-0.2, -0.15) is 0 Å². The quantitative estimate of drug-likeness (QED) is 0.789. The summed E-state index contributed by atoms with van der Waals surface area (Å²) in [5.74, 6) is -0.458. The van der Waals surface area contributed by atoms with E-state index in [0.29, 0.717) is 5.56 Å². The molecule has 0 aliphatic rings. The molecule has 15 heavy (non-hydrogen) atoms. The van der Waals surface area contributed by atoms with E-state index in [1.807, 2.05) is 6.92 Å². The molecule has 82 valence electrons. The lowest BCUT2D eigenvalue weighted by Gasteiger charge is -2.14. The number of hydrogen-bond donors (Lipinski definition) is 2. The minimum absolute atomic E-state index is 0.0372. The van der Waals surface area contributed by atoms with Gasteiger partial charge in [0.1, 0.15) is 5.82 Å². The fraction of sp³-hybridized carbons (Fsp3) is 0.364. The molecule has 0 spiro atoms. The third kappa shape index (κ3) is 3.02. The van der Waals surface area contributed by atoms with E-state index < -0.39 is 0 Å². The predicted molar refractivity (Wildman–Crippen MR) is 56.7 cm³/mol. The molecular formula is C11H15FN2O. The Morgan fingerprint density at radius 3 is 2.80 bits per heavy atom. The molecule has 1 rings (SSSR count). The third-order valence-electron chi connectivity index (χ3n) is 2.24. The first-order chi connectivity index (χ1) is 7.04. The number of benzene rings is 1. The maximum absolute atomic E-state index is 13.0. The first kappa shape index (κ1) is 11.7. The van der Waals surface area contributed by atoms with Crippen molar-refractivity contribution >= 4 is 5.91 Å². The number of nitrogens with one attached hydrogen (secondary N) is 1. The highest BCUT2D eigenvalue weighted by atomic mass is 19.1. The molecule has 0 saturated carbocycles. The van der Waals surface area contributed by atoms with Crippen LogP contribution in [0.3, 0.4) is 0 Å². The summed E-state index contributed by atoms with van der Waals surface area (Å²) in [5, 5.41) is 2.71. The van der Waals surface area contributed by atoms with Crippen LogP contribution in [0.5, 0.6) is 0 Å². The van der Waals surface area contributed by atoms with E-state index in [2.05, 4.69) is 5.32 Å². The van der Waals surface area contributed by atoms with Gasteiger partial charge in [0.25, 0.3) is 0 Å². The fourth-order valence-corrected chi connectivity index (χ4v) is 1.32. The molecule has 3 N–H and O–H groups in total. The largest absolute Gasteiger partial charge is 0.348 e. The van der Waals surface area contributed by atoms with Gasteiger partial charge >= 0.3 is 0 Å². The lowest BCUT2D eigenvalue weighted by atomic mass is 10.1. The summed E-state index contributed by atoms with van der Waals surface area (Å²) < 4.78 is 13.0. The summed E-state index contributed by atoms with van der Waals surface area (Å²) in [5.41, 5.74) is 6.62. The monoisotopic (exact) mass is 210 g/mol. The van der Waals surface area contributed by atoms with E-state index >= 15 is 0 Å². The van der Waals surface area contributed by atoms with E-state index in [1.54, 1.807) is 19.1 Å². The lowest BCUT2D eigenvalue weighted by molar-refractivity contribution is -0.120. The van der Waals surface area contributed by atoms with Crippen LogP contribution in [-0.4, -0.2) is 12.5 Å². The number of halogens is 1. The summed E-state index contributed by atoms with van der Waals surface area (Å²) in [6.45, 7) is 3.49. The molecule has 0 aliphatic heterocycles. The number of rotatable bonds is 3. The Kier molecular flexibility index (Phi) is 3.80. The van der Waals surface area contributed by atoms with Crippen LogP contribution in [-0.2, 0) is 4.79 Å². The molecular weight excluding hydrogens is 195 g/mol. The summed E-state index contributed by atoms with van der Waals surface area (Å²) in [4.78, 5) is 11.0. The van der Waals surface area contributed by atoms with Gasteiger partial charge in [0.05, 0.1) is 12.6 Å². The molecule has 3 nitrogen and oxygen atoms in total. The minimum atomic E-state index is -0.240. The van der Waals surface area contributed by atoms with Crippen molar-refractivity contribution in [3.05, 3.63) is 35.1 Å². The molecule has 1 amide bonds. The Balaban J connectivity index is 2.78. The van der Waals surface area contributed by atoms with Crippen molar-refractivity contribution in [3.8, 4) is 0 Å². The van der Waals surface area contributed by atoms with Crippen LogP contribution in [0.1, 0.15) is 24.1 Å². The number of carbonyl (C=O) groups is 1. The molecule has 1 atom stereocenters. The van der Waals surface area contributed by atoms with Crippen LogP contribution in [0.25, 0.3) is 0 Å². The number of hydrogen-bond acceptors (Lipinski definition) is 2. The van der Waals surface area contributed by atoms with Crippen molar-refractivity contribution in [1.82, 2.24) is 5.32 Å². The number of aryl methyl sites for hydroxylation is 1. The summed E-state index contributed by atoms with van der Waals surface area (Å²) >= 11 is 0. The highest BCUT2D eigenvalue weighted by Gasteiger charge is 2.09. The third-order valence-corrected chi connectivity index (χ3v) is 2.24. The minimum Gasteiger partial charge on any atom is -0.348 e. The number of amides is 1. The van der Waals surface area contributed by atoms with Gasteiger partial charge in [-0.3, -0.25) is 4.79 Å². The van der Waals surface area contributed by atoms with Gasteiger partial charge in [-0.1, -0.05) is 12.1 Å². The van der Waals surface area contributed by atoms with Crippen LogP contribution in [0.15, 0.2) is 18.2 Å². The van der Waals surface area contributed by atoms with Crippen molar-refractivity contribution < 1.29 is 9.18 Å². The second kappa shape index (κ2) is 4.89. The van der Waals surface area contributed by atoms with Crippen molar-refractivity contribution in [3.63, 3.8) is 0 Å². The van der Waals surface area contributed by atoms with Crippen LogP contribution >= 0.6 is 0 Å². The Hall–Kier alpha value is -1.42. The SMILES string of the molecule is Cc1cc(C(C)NC(=O)CN)ccc1F. The van der Waals surface area contributed by atoms with Gasteiger partial charge in [-0.15, -0.1) is 0 Å². The van der Waals surface area contributed by atoms with Gasteiger partial charge in [0, 0.05) is 0 Å². The van der Waals surface area contributed by atoms with Gasteiger partial charge in [0.2, 0.25) is 5.91 Å². The predicted octanol–water partition coefficient (Wildman–Crippen LogP) is 1.27. The Morgan fingerprint density at radius 1 is 1.60 bits per heavy atom. The van der Waals surface area contributed by atoms with Crippen LogP contribution in [0.4, 0.5) is 4.39 Å². The van der Waals surface area contributed by atoms with E-state index in [0.717, 1.165) is 5.56 Å². The average molecular weight is 210 g/mol. The lowest BCUT2D eigenvalue weighted by Crippen LogP contribution is -2.32. The van der Waals surface area contributed by atoms with Gasteiger partial charge < -0.3 is 11.1 Å². The molecule has 1 aromatic rings. The van der Waals surface area contributed by atoms with Crippen LogP contribution in [0, 0.1) is 12.7 Å². The molecule has 1 aromatic carbocycles. The number of carbonyl (C=O) groups excluding carboxylic acids is 1. The van der Waals surface area contributed by atoms with E-state index in [4.69, 9.17) is 5.73 Å². The Bertz CT molecular complexity index is 366. The van der Waals surface area contributed by atoms with Crippen molar-refractivity contribution in [2.75, 3.05) is 6.54 Å². The maximum atomic E-state index is 13.0. The highest BCUT2D eigenvalue weighted by molar-refractivity contribution is 5.78. The molecule has 0 radical (unpaired) electrons. The molecule has 0 fully saturated rings. The van der Waals surface area contributed by atoms with E-state index in [9.17, 15) is 9.18 Å². The van der Waals surface area contributed by atoms with Gasteiger partial charge in [-0.05, 0) is 31.0 Å². The first-order valence-electron chi connectivity index (χ1n) is 4.80. The zero-order chi connectivity index (χ0) is 11.4. The molecule has 0 aliphatic carbocycles. The van der Waals surface area contributed by atoms with Gasteiger partial charge in [-0.25, -0.2) is 4.39 Å². The second-order valence-corrected chi connectivity index (χ2v) is 3.50. The topological polar surface area (TPSA) is 55.1 Å². The smallest absolute Gasteiger partial charge is 0.234 e. The summed E-state index contributed by atoms with van der Waals surface area (Å²) in [7, 11) is 0. The number of nitrogens with two attached hydrogens (primary N) is 1. The average Bonchev–Trinajstić information content (AvgIpc) is 2.21. The highest BCUT2D eigenvalue weighted by Crippen LogP contribution is 2.15. The van der Waals surface area contributed by atoms with Crippen LogP contribution < -0.4 is 11.1 Å². The second-order valence-electron chi connectivity index (χ2n) is 3.50. The molecule has 0 aromatic heterocycles. The molecule has 0 saturated heterocycles. The first-order valence-corrected chi connectivity index (χ1v) is 4.80. The molecule has 0 heterocycles. The maximum Gasteiger partial charge on any atom is 0.234 e. The molecule has 1 unspecified atom stereocenters. The van der Waals surface area contributed by atoms with Crippen molar-refractivity contribution in [1.29, 1.82) is 0 Å². The zero-order valence-electron chi connectivity index (χ0n) is 8.88. The van der Waals surface area contributed by atoms with Crippen molar-refractivity contribution in [2.45, 2.75) is 19.9 Å². The van der Waals surface area contributed by atoms with Crippen molar-refractivity contribution in [2.24, 2.45) is 5.73 Å². The Labute approximate surface area is 88.5 Å². The van der Waals surface area contributed by atoms with E-state index in [1.165, 1.54) is 6.07 Å². The summed E-state index contributed by atoms with van der Waals surface area (Å²) in [6.07, 6.45) is 0. The standard InChI is InChI=1S/C11H15FN2O/c1-7-5-9(3-4-10(7)12)8(2)14-11(15)6-13/h3-5,8H,6,13H2,1-2H3,(H,14,15). The molecule has 4 heteroatoms. The summed E-state index contributed by atoms with van der Waals surface area (Å²) in [6, 6.07) is 4.62. The van der Waals surface area contributed by atoms with Gasteiger partial charge in [0.15, 0.2) is 0 Å².